The second-order valence-electron chi connectivity index (χ2n) is 10.5. The molecule has 13 nitrogen and oxygen atoms in total. The number of methoxy groups -OCH3 is 1. The quantitative estimate of drug-likeness (QED) is 0.170. The molecule has 0 aliphatic carbocycles. The Hall–Kier alpha value is -5.09. The van der Waals surface area contributed by atoms with Crippen LogP contribution in [0, 0.1) is 18.8 Å². The van der Waals surface area contributed by atoms with Crippen molar-refractivity contribution in [3.63, 3.8) is 0 Å². The van der Waals surface area contributed by atoms with Crippen molar-refractivity contribution < 1.29 is 19.1 Å². The van der Waals surface area contributed by atoms with Crippen LogP contribution in [-0.2, 0) is 9.59 Å². The Morgan fingerprint density at radius 3 is 2.73 bits per heavy atom. The van der Waals surface area contributed by atoms with E-state index in [-0.39, 0.29) is 12.5 Å². The van der Waals surface area contributed by atoms with Crippen molar-refractivity contribution in [2.24, 2.45) is 0 Å². The molecule has 0 bridgehead atoms. The Kier molecular flexibility index (Phi) is 9.93. The minimum atomic E-state index is -0.169. The monoisotopic (exact) mass is 599 g/mol. The average molecular weight is 600 g/mol. The van der Waals surface area contributed by atoms with E-state index >= 15 is 0 Å². The first kappa shape index (κ1) is 30.4. The lowest BCUT2D eigenvalue weighted by atomic mass is 10.2. The van der Waals surface area contributed by atoms with Gasteiger partial charge in [0.25, 0.3) is 5.91 Å². The van der Waals surface area contributed by atoms with Gasteiger partial charge in [-0.15, -0.1) is 5.92 Å². The van der Waals surface area contributed by atoms with Gasteiger partial charge in [-0.05, 0) is 50.7 Å². The average Bonchev–Trinajstić information content (AvgIpc) is 3.03. The van der Waals surface area contributed by atoms with Gasteiger partial charge in [0.05, 0.1) is 19.3 Å². The second kappa shape index (κ2) is 14.4. The summed E-state index contributed by atoms with van der Waals surface area (Å²) in [5.41, 5.74) is 2.70. The number of likely N-dealkylation sites (N-methyl/N-ethyl adjacent to an activating group) is 1. The molecule has 2 aromatic heterocycles. The van der Waals surface area contributed by atoms with Crippen molar-refractivity contribution in [2.45, 2.75) is 19.8 Å². The van der Waals surface area contributed by atoms with Gasteiger partial charge >= 0.3 is 0 Å². The number of ether oxygens (including phenoxy) is 2. The number of fused-ring (bicyclic) bond motifs is 1. The van der Waals surface area contributed by atoms with Crippen LogP contribution in [0.25, 0.3) is 0 Å². The van der Waals surface area contributed by atoms with Crippen LogP contribution in [0.1, 0.15) is 18.4 Å². The fourth-order valence-electron chi connectivity index (χ4n) is 4.89. The highest BCUT2D eigenvalue weighted by Gasteiger charge is 2.27. The number of unbranched alkanes of at least 4 members (excludes halogenated alkanes) is 1. The number of carbonyl (C=O) groups is 2. The van der Waals surface area contributed by atoms with Gasteiger partial charge in [-0.2, -0.15) is 4.98 Å². The maximum absolute atomic E-state index is 12.7. The zero-order chi connectivity index (χ0) is 30.9. The largest absolute Gasteiger partial charge is 0.495 e. The standard InChI is InChI=1S/C31H37N9O4/c1-22-19-33-31(34-23-8-9-25(43-3)24(18-23)39-16-14-38(2)15-17-39)37-29(22)35-27-11-10-26-30(36-27)40(28(42)20-44-26)13-7-5-4-6-12-32-21-41/h8-11,18-19,21H,5,7,12-17,20H2,1-3H3,(H,32,41)(H2,33,34,35,36,37). The lowest BCUT2D eigenvalue weighted by Crippen LogP contribution is -2.44. The van der Waals surface area contributed by atoms with Gasteiger partial charge in [-0.1, -0.05) is 5.92 Å². The molecule has 5 rings (SSSR count). The minimum absolute atomic E-state index is 0.0433. The number of hydrogen-bond acceptors (Lipinski definition) is 11. The van der Waals surface area contributed by atoms with Gasteiger partial charge in [0.15, 0.2) is 18.2 Å². The molecule has 44 heavy (non-hydrogen) atoms. The van der Waals surface area contributed by atoms with Crippen molar-refractivity contribution in [1.29, 1.82) is 0 Å². The third-order valence-electron chi connectivity index (χ3n) is 7.33. The van der Waals surface area contributed by atoms with E-state index in [9.17, 15) is 9.59 Å². The normalized spacial score (nSPS) is 14.6. The summed E-state index contributed by atoms with van der Waals surface area (Å²) >= 11 is 0. The van der Waals surface area contributed by atoms with Crippen LogP contribution >= 0.6 is 0 Å². The summed E-state index contributed by atoms with van der Waals surface area (Å²) in [6.45, 7) is 6.43. The minimum Gasteiger partial charge on any atom is -0.495 e. The highest BCUT2D eigenvalue weighted by molar-refractivity contribution is 5.97. The summed E-state index contributed by atoms with van der Waals surface area (Å²) in [5, 5.41) is 9.10. The molecule has 1 saturated heterocycles. The van der Waals surface area contributed by atoms with Gasteiger partial charge in [-0.3, -0.25) is 14.5 Å². The first-order chi connectivity index (χ1) is 21.4. The molecule has 0 spiro atoms. The summed E-state index contributed by atoms with van der Waals surface area (Å²) in [5.74, 6) is 9.02. The van der Waals surface area contributed by atoms with Gasteiger partial charge in [0, 0.05) is 56.6 Å². The Balaban J connectivity index is 1.29. The van der Waals surface area contributed by atoms with Crippen molar-refractivity contribution >= 4 is 47.1 Å². The molecular formula is C31H37N9O4. The summed E-state index contributed by atoms with van der Waals surface area (Å²) in [6, 6.07) is 9.54. The Bertz CT molecular complexity index is 1550. The van der Waals surface area contributed by atoms with Crippen LogP contribution in [0.4, 0.5) is 34.8 Å². The van der Waals surface area contributed by atoms with Crippen LogP contribution in [0.3, 0.4) is 0 Å². The molecule has 0 radical (unpaired) electrons. The number of carbonyl (C=O) groups excluding carboxylic acids is 2. The molecule has 13 heteroatoms. The smallest absolute Gasteiger partial charge is 0.266 e. The van der Waals surface area contributed by atoms with Crippen molar-refractivity contribution in [3.05, 3.63) is 42.1 Å². The molecule has 2 amide bonds. The summed E-state index contributed by atoms with van der Waals surface area (Å²) < 4.78 is 11.3. The number of piperazine rings is 1. The Labute approximate surface area is 257 Å². The number of aromatic nitrogens is 3. The van der Waals surface area contributed by atoms with Crippen LogP contribution in [-0.4, -0.2) is 92.2 Å². The van der Waals surface area contributed by atoms with Crippen LogP contribution in [0.5, 0.6) is 11.5 Å². The van der Waals surface area contributed by atoms with E-state index in [0.717, 1.165) is 48.9 Å². The van der Waals surface area contributed by atoms with Crippen molar-refractivity contribution in [1.82, 2.24) is 25.2 Å². The Morgan fingerprint density at radius 2 is 1.93 bits per heavy atom. The van der Waals surface area contributed by atoms with Crippen molar-refractivity contribution in [2.75, 3.05) is 80.5 Å². The zero-order valence-electron chi connectivity index (χ0n) is 25.2. The van der Waals surface area contributed by atoms with E-state index in [0.29, 0.717) is 61.5 Å². The molecular weight excluding hydrogens is 562 g/mol. The number of pyridine rings is 1. The fourth-order valence-corrected chi connectivity index (χ4v) is 4.89. The second-order valence-corrected chi connectivity index (χ2v) is 10.5. The molecule has 2 aliphatic heterocycles. The van der Waals surface area contributed by atoms with Gasteiger partial charge in [0.1, 0.15) is 17.4 Å². The maximum atomic E-state index is 12.7. The molecule has 0 unspecified atom stereocenters. The molecule has 0 saturated carbocycles. The number of rotatable bonds is 11. The third-order valence-corrected chi connectivity index (χ3v) is 7.33. The summed E-state index contributed by atoms with van der Waals surface area (Å²) in [7, 11) is 3.82. The molecule has 0 atom stereocenters. The van der Waals surface area contributed by atoms with E-state index in [1.54, 1.807) is 30.3 Å². The summed E-state index contributed by atoms with van der Waals surface area (Å²) in [6.07, 6.45) is 3.59. The molecule has 1 aromatic carbocycles. The predicted octanol–water partition coefficient (Wildman–Crippen LogP) is 2.68. The summed E-state index contributed by atoms with van der Waals surface area (Å²) in [4.78, 5) is 43.2. The molecule has 2 aliphatic rings. The number of benzene rings is 1. The number of hydrogen-bond donors (Lipinski definition) is 3. The molecule has 230 valence electrons. The maximum Gasteiger partial charge on any atom is 0.266 e. The number of nitrogens with one attached hydrogen (secondary N) is 3. The topological polar surface area (TPSA) is 137 Å². The molecule has 1 fully saturated rings. The first-order valence-corrected chi connectivity index (χ1v) is 14.5. The van der Waals surface area contributed by atoms with Crippen LogP contribution in [0.2, 0.25) is 0 Å². The van der Waals surface area contributed by atoms with Gasteiger partial charge in [-0.25, -0.2) is 9.97 Å². The van der Waals surface area contributed by atoms with E-state index in [1.807, 2.05) is 19.1 Å². The van der Waals surface area contributed by atoms with Crippen LogP contribution < -0.4 is 35.2 Å². The van der Waals surface area contributed by atoms with E-state index < -0.39 is 0 Å². The van der Waals surface area contributed by atoms with Crippen molar-refractivity contribution in [3.8, 4) is 23.3 Å². The number of amides is 2. The van der Waals surface area contributed by atoms with Gasteiger partial charge < -0.3 is 35.2 Å². The van der Waals surface area contributed by atoms with E-state index in [1.165, 1.54) is 0 Å². The number of aryl methyl sites for hydroxylation is 1. The highest BCUT2D eigenvalue weighted by atomic mass is 16.5. The van der Waals surface area contributed by atoms with Gasteiger partial charge in [0.2, 0.25) is 12.4 Å². The molecule has 4 heterocycles. The fraction of sp³-hybridized carbons (Fsp3) is 0.387. The first-order valence-electron chi connectivity index (χ1n) is 14.5. The number of anilines is 6. The van der Waals surface area contributed by atoms with Crippen LogP contribution in [0.15, 0.2) is 36.5 Å². The van der Waals surface area contributed by atoms with E-state index in [4.69, 9.17) is 19.4 Å². The predicted molar refractivity (Wildman–Crippen MR) is 169 cm³/mol. The SMILES string of the molecule is COc1ccc(Nc2ncc(C)c(Nc3ccc4c(n3)N(CCCC#CCNC=O)C(=O)CO4)n2)cc1N1CCN(C)CC1. The number of nitrogens with zero attached hydrogens (tertiary/aromatic N) is 6. The molecule has 3 N–H and O–H groups in total. The lowest BCUT2D eigenvalue weighted by Gasteiger charge is -2.35. The highest BCUT2D eigenvalue weighted by Crippen LogP contribution is 2.34. The third kappa shape index (κ3) is 7.45. The van der Waals surface area contributed by atoms with E-state index in [2.05, 4.69) is 55.7 Å². The Morgan fingerprint density at radius 1 is 1.09 bits per heavy atom. The lowest BCUT2D eigenvalue weighted by molar-refractivity contribution is -0.121. The molecule has 3 aromatic rings. The zero-order valence-corrected chi connectivity index (χ0v) is 25.2.